The average molecular weight is 297 g/mol. The van der Waals surface area contributed by atoms with Gasteiger partial charge in [0, 0.05) is 18.0 Å². The standard InChI is InChI=1S/C11H8INO/c12-11(14)7-8-3-4-10-9(6-8)2-1-5-13-10/h1-6H,7H2. The summed E-state index contributed by atoms with van der Waals surface area (Å²) < 4.78 is 0.158. The van der Waals surface area contributed by atoms with Crippen molar-refractivity contribution in [2.45, 2.75) is 6.42 Å². The Bertz CT molecular complexity index is 481. The summed E-state index contributed by atoms with van der Waals surface area (Å²) in [7, 11) is 0. The number of fused-ring (bicyclic) bond motifs is 1. The zero-order chi connectivity index (χ0) is 9.97. The van der Waals surface area contributed by atoms with E-state index in [0.717, 1.165) is 16.5 Å². The van der Waals surface area contributed by atoms with Crippen LogP contribution in [0, 0.1) is 0 Å². The lowest BCUT2D eigenvalue weighted by molar-refractivity contribution is -0.108. The molecule has 0 aliphatic heterocycles. The Morgan fingerprint density at radius 1 is 1.36 bits per heavy atom. The maximum absolute atomic E-state index is 10.9. The third-order valence-corrected chi connectivity index (χ3v) is 2.39. The van der Waals surface area contributed by atoms with Gasteiger partial charge in [0.25, 0.3) is 0 Å². The van der Waals surface area contributed by atoms with Crippen molar-refractivity contribution in [3.05, 3.63) is 42.1 Å². The van der Waals surface area contributed by atoms with Gasteiger partial charge in [-0.05, 0) is 46.4 Å². The number of hydrogen-bond acceptors (Lipinski definition) is 2. The number of halogens is 1. The minimum Gasteiger partial charge on any atom is -0.287 e. The van der Waals surface area contributed by atoms with E-state index in [4.69, 9.17) is 0 Å². The summed E-state index contributed by atoms with van der Waals surface area (Å²) in [4.78, 5) is 15.1. The van der Waals surface area contributed by atoms with Gasteiger partial charge in [0.2, 0.25) is 0 Å². The van der Waals surface area contributed by atoms with Crippen LogP contribution in [0.5, 0.6) is 0 Å². The second-order valence-electron chi connectivity index (χ2n) is 3.06. The molecule has 1 aromatic carbocycles. The van der Waals surface area contributed by atoms with Crippen LogP contribution in [0.3, 0.4) is 0 Å². The van der Waals surface area contributed by atoms with E-state index in [-0.39, 0.29) is 3.79 Å². The van der Waals surface area contributed by atoms with E-state index < -0.39 is 0 Å². The first kappa shape index (κ1) is 9.58. The monoisotopic (exact) mass is 297 g/mol. The van der Waals surface area contributed by atoms with E-state index in [0.29, 0.717) is 6.42 Å². The van der Waals surface area contributed by atoms with E-state index in [1.807, 2.05) is 52.9 Å². The fourth-order valence-corrected chi connectivity index (χ4v) is 1.84. The van der Waals surface area contributed by atoms with Crippen molar-refractivity contribution >= 4 is 37.3 Å². The Morgan fingerprint density at radius 3 is 3.00 bits per heavy atom. The second-order valence-corrected chi connectivity index (χ2v) is 4.27. The molecule has 0 saturated carbocycles. The van der Waals surface area contributed by atoms with E-state index >= 15 is 0 Å². The molecule has 2 nitrogen and oxygen atoms in total. The van der Waals surface area contributed by atoms with E-state index in [1.165, 1.54) is 0 Å². The summed E-state index contributed by atoms with van der Waals surface area (Å²) in [5, 5.41) is 1.09. The summed E-state index contributed by atoms with van der Waals surface area (Å²) in [6.07, 6.45) is 2.26. The minimum absolute atomic E-state index is 0.158. The predicted octanol–water partition coefficient (Wildman–Crippen LogP) is 2.74. The van der Waals surface area contributed by atoms with Crippen molar-refractivity contribution in [1.82, 2.24) is 4.98 Å². The number of hydrogen-bond donors (Lipinski definition) is 0. The molecule has 0 aliphatic carbocycles. The van der Waals surface area contributed by atoms with Crippen LogP contribution in [-0.2, 0) is 11.2 Å². The zero-order valence-corrected chi connectivity index (χ0v) is 9.56. The van der Waals surface area contributed by atoms with E-state index in [9.17, 15) is 4.79 Å². The second kappa shape index (κ2) is 4.04. The Kier molecular flexibility index (Phi) is 2.77. The van der Waals surface area contributed by atoms with Crippen molar-refractivity contribution in [2.75, 3.05) is 0 Å². The first-order chi connectivity index (χ1) is 6.75. The average Bonchev–Trinajstić information content (AvgIpc) is 2.17. The van der Waals surface area contributed by atoms with Crippen LogP contribution < -0.4 is 0 Å². The van der Waals surface area contributed by atoms with Crippen molar-refractivity contribution in [2.24, 2.45) is 0 Å². The molecule has 0 amide bonds. The largest absolute Gasteiger partial charge is 0.287 e. The highest BCUT2D eigenvalue weighted by atomic mass is 127. The number of carbonyl (C=O) groups is 1. The zero-order valence-electron chi connectivity index (χ0n) is 7.40. The quantitative estimate of drug-likeness (QED) is 0.630. The van der Waals surface area contributed by atoms with E-state index in [1.54, 1.807) is 6.20 Å². The highest BCUT2D eigenvalue weighted by Crippen LogP contribution is 2.14. The topological polar surface area (TPSA) is 30.0 Å². The smallest absolute Gasteiger partial charge is 0.196 e. The Labute approximate surface area is 95.5 Å². The fourth-order valence-electron chi connectivity index (χ4n) is 1.40. The maximum Gasteiger partial charge on any atom is 0.196 e. The molecule has 0 spiro atoms. The number of pyridine rings is 1. The van der Waals surface area contributed by atoms with Crippen molar-refractivity contribution in [1.29, 1.82) is 0 Å². The van der Waals surface area contributed by atoms with Crippen LogP contribution in [0.15, 0.2) is 36.5 Å². The molecule has 0 bridgehead atoms. The minimum atomic E-state index is 0.158. The molecular formula is C11H8INO. The van der Waals surface area contributed by atoms with Gasteiger partial charge in [0.1, 0.15) is 0 Å². The van der Waals surface area contributed by atoms with Crippen LogP contribution in [0.1, 0.15) is 5.56 Å². The van der Waals surface area contributed by atoms with Gasteiger partial charge >= 0.3 is 0 Å². The first-order valence-electron chi connectivity index (χ1n) is 4.28. The van der Waals surface area contributed by atoms with Crippen LogP contribution in [0.25, 0.3) is 10.9 Å². The molecule has 0 aliphatic rings. The van der Waals surface area contributed by atoms with Crippen LogP contribution >= 0.6 is 22.6 Å². The summed E-state index contributed by atoms with van der Waals surface area (Å²) in [5.74, 6) is 0. The highest BCUT2D eigenvalue weighted by Gasteiger charge is 2.00. The lowest BCUT2D eigenvalue weighted by Crippen LogP contribution is -1.92. The van der Waals surface area contributed by atoms with Gasteiger partial charge in [-0.1, -0.05) is 12.1 Å². The van der Waals surface area contributed by atoms with Gasteiger partial charge in [-0.3, -0.25) is 9.78 Å². The van der Waals surface area contributed by atoms with Crippen LogP contribution in [0.4, 0.5) is 0 Å². The molecule has 1 heterocycles. The van der Waals surface area contributed by atoms with Crippen LogP contribution in [-0.4, -0.2) is 8.77 Å². The fraction of sp³-hybridized carbons (Fsp3) is 0.0909. The van der Waals surface area contributed by atoms with Gasteiger partial charge in [-0.25, -0.2) is 0 Å². The Hall–Kier alpha value is -0.970. The SMILES string of the molecule is O=C(I)Cc1ccc2ncccc2c1. The molecule has 1 aromatic heterocycles. The number of carbonyl (C=O) groups excluding carboxylic acids is 1. The van der Waals surface area contributed by atoms with E-state index in [2.05, 4.69) is 4.98 Å². The number of aromatic nitrogens is 1. The summed E-state index contributed by atoms with van der Waals surface area (Å²) in [6.45, 7) is 0. The molecule has 0 N–H and O–H groups in total. The number of nitrogens with zero attached hydrogens (tertiary/aromatic N) is 1. The highest BCUT2D eigenvalue weighted by molar-refractivity contribution is 14.1. The molecular weight excluding hydrogens is 289 g/mol. The van der Waals surface area contributed by atoms with Gasteiger partial charge in [-0.2, -0.15) is 0 Å². The molecule has 0 atom stereocenters. The Morgan fingerprint density at radius 2 is 2.21 bits per heavy atom. The number of rotatable bonds is 2. The lowest BCUT2D eigenvalue weighted by atomic mass is 10.1. The summed E-state index contributed by atoms with van der Waals surface area (Å²) in [6, 6.07) is 9.82. The molecule has 0 saturated heterocycles. The molecule has 2 aromatic rings. The molecule has 0 fully saturated rings. The summed E-state index contributed by atoms with van der Waals surface area (Å²) >= 11 is 1.82. The molecule has 0 radical (unpaired) electrons. The van der Waals surface area contributed by atoms with Gasteiger partial charge < -0.3 is 0 Å². The van der Waals surface area contributed by atoms with Crippen molar-refractivity contribution in [3.63, 3.8) is 0 Å². The van der Waals surface area contributed by atoms with Crippen LogP contribution in [0.2, 0.25) is 0 Å². The third kappa shape index (κ3) is 2.09. The Balaban J connectivity index is 2.46. The third-order valence-electron chi connectivity index (χ3n) is 2.01. The van der Waals surface area contributed by atoms with Gasteiger partial charge in [0.05, 0.1) is 5.52 Å². The molecule has 70 valence electrons. The normalized spacial score (nSPS) is 10.4. The predicted molar refractivity (Wildman–Crippen MR) is 64.5 cm³/mol. The van der Waals surface area contributed by atoms with Gasteiger partial charge in [0.15, 0.2) is 3.79 Å². The van der Waals surface area contributed by atoms with Crippen molar-refractivity contribution < 1.29 is 4.79 Å². The molecule has 3 heteroatoms. The lowest BCUT2D eigenvalue weighted by Gasteiger charge is -1.99. The maximum atomic E-state index is 10.9. The molecule has 0 unspecified atom stereocenters. The summed E-state index contributed by atoms with van der Waals surface area (Å²) in [5.41, 5.74) is 2.02. The molecule has 14 heavy (non-hydrogen) atoms. The first-order valence-corrected chi connectivity index (χ1v) is 5.35. The van der Waals surface area contributed by atoms with Crippen molar-refractivity contribution in [3.8, 4) is 0 Å². The number of benzene rings is 1. The van der Waals surface area contributed by atoms with Gasteiger partial charge in [-0.15, -0.1) is 0 Å². The molecule has 2 rings (SSSR count).